The molecule has 0 amide bonds. The van der Waals surface area contributed by atoms with E-state index >= 15 is 0 Å². The van der Waals surface area contributed by atoms with Crippen LogP contribution in [0, 0.1) is 5.82 Å². The lowest BCUT2D eigenvalue weighted by Crippen LogP contribution is -2.24. The molecule has 2 nitrogen and oxygen atoms in total. The first-order valence-electron chi connectivity index (χ1n) is 7.00. The fourth-order valence-corrected chi connectivity index (χ4v) is 2.80. The van der Waals surface area contributed by atoms with Crippen LogP contribution in [0.4, 0.5) is 4.39 Å². The maximum Gasteiger partial charge on any atom is 0.123 e. The van der Waals surface area contributed by atoms with Gasteiger partial charge in [0.1, 0.15) is 5.82 Å². The van der Waals surface area contributed by atoms with E-state index < -0.39 is 10.8 Å². The van der Waals surface area contributed by atoms with Gasteiger partial charge >= 0.3 is 0 Å². The van der Waals surface area contributed by atoms with Crippen molar-refractivity contribution in [1.29, 1.82) is 0 Å². The van der Waals surface area contributed by atoms with Crippen molar-refractivity contribution < 1.29 is 8.60 Å². The van der Waals surface area contributed by atoms with E-state index in [4.69, 9.17) is 0 Å². The number of nitrogens with one attached hydrogen (secondary N) is 1. The summed E-state index contributed by atoms with van der Waals surface area (Å²) in [6, 6.07) is 16.7. The molecule has 0 radical (unpaired) electrons. The fraction of sp³-hybridized carbons (Fsp3) is 0.294. The molecule has 0 aliphatic rings. The smallest absolute Gasteiger partial charge is 0.123 e. The monoisotopic (exact) mass is 305 g/mol. The van der Waals surface area contributed by atoms with Gasteiger partial charge in [0.25, 0.3) is 0 Å². The predicted octanol–water partition coefficient (Wildman–Crippen LogP) is 3.27. The zero-order valence-corrected chi connectivity index (χ0v) is 12.9. The molecule has 0 saturated carbocycles. The summed E-state index contributed by atoms with van der Waals surface area (Å²) in [6.07, 6.45) is 2.57. The van der Waals surface area contributed by atoms with E-state index in [1.54, 1.807) is 18.4 Å². The summed E-state index contributed by atoms with van der Waals surface area (Å²) in [4.78, 5) is 0. The maximum atomic E-state index is 13.1. The van der Waals surface area contributed by atoms with E-state index in [9.17, 15) is 8.60 Å². The first-order valence-corrected chi connectivity index (χ1v) is 8.73. The summed E-state index contributed by atoms with van der Waals surface area (Å²) < 4.78 is 24.2. The SMILES string of the molecule is CS(=O)CCCNC(c1ccccc1)c1ccc(F)cc1. The molecule has 0 heterocycles. The highest BCUT2D eigenvalue weighted by molar-refractivity contribution is 7.84. The molecule has 4 heteroatoms. The molecule has 0 aromatic heterocycles. The molecule has 0 aliphatic heterocycles. The van der Waals surface area contributed by atoms with Gasteiger partial charge in [0.05, 0.1) is 6.04 Å². The molecule has 0 aliphatic carbocycles. The van der Waals surface area contributed by atoms with E-state index in [0.717, 1.165) is 24.1 Å². The van der Waals surface area contributed by atoms with Crippen molar-refractivity contribution in [1.82, 2.24) is 5.32 Å². The molecule has 21 heavy (non-hydrogen) atoms. The summed E-state index contributed by atoms with van der Waals surface area (Å²) in [5, 5.41) is 3.47. The molecule has 0 spiro atoms. The van der Waals surface area contributed by atoms with E-state index in [1.165, 1.54) is 12.1 Å². The van der Waals surface area contributed by atoms with Crippen LogP contribution in [0.1, 0.15) is 23.6 Å². The normalized spacial score (nSPS) is 13.8. The summed E-state index contributed by atoms with van der Waals surface area (Å²) in [7, 11) is -0.762. The third kappa shape index (κ3) is 5.06. The van der Waals surface area contributed by atoms with Crippen molar-refractivity contribution in [3.8, 4) is 0 Å². The van der Waals surface area contributed by atoms with Gasteiger partial charge in [-0.1, -0.05) is 42.5 Å². The van der Waals surface area contributed by atoms with Gasteiger partial charge in [0.15, 0.2) is 0 Å². The number of halogens is 1. The molecular weight excluding hydrogens is 285 g/mol. The molecule has 0 bridgehead atoms. The van der Waals surface area contributed by atoms with E-state index in [2.05, 4.69) is 17.4 Å². The Hall–Kier alpha value is -1.52. The third-order valence-electron chi connectivity index (χ3n) is 3.29. The van der Waals surface area contributed by atoms with Gasteiger partial charge in [-0.05, 0) is 36.2 Å². The van der Waals surface area contributed by atoms with Crippen LogP contribution >= 0.6 is 0 Å². The van der Waals surface area contributed by atoms with Crippen LogP contribution in [-0.4, -0.2) is 22.8 Å². The van der Waals surface area contributed by atoms with Gasteiger partial charge in [-0.15, -0.1) is 0 Å². The molecule has 0 fully saturated rings. The average Bonchev–Trinajstić information content (AvgIpc) is 2.49. The highest BCUT2D eigenvalue weighted by atomic mass is 32.2. The largest absolute Gasteiger partial charge is 0.306 e. The lowest BCUT2D eigenvalue weighted by atomic mass is 9.98. The molecule has 2 aromatic rings. The maximum absolute atomic E-state index is 13.1. The fourth-order valence-electron chi connectivity index (χ4n) is 2.25. The quantitative estimate of drug-likeness (QED) is 0.796. The molecule has 2 atom stereocenters. The van der Waals surface area contributed by atoms with E-state index in [1.807, 2.05) is 18.2 Å². The summed E-state index contributed by atoms with van der Waals surface area (Å²) >= 11 is 0. The standard InChI is InChI=1S/C17H20FNOS/c1-21(20)13-5-12-19-17(14-6-3-2-4-7-14)15-8-10-16(18)11-9-15/h2-4,6-11,17,19H,5,12-13H2,1H3. The van der Waals surface area contributed by atoms with E-state index in [-0.39, 0.29) is 11.9 Å². The molecular formula is C17H20FNOS. The van der Waals surface area contributed by atoms with Crippen LogP contribution in [0.5, 0.6) is 0 Å². The Morgan fingerprint density at radius 3 is 2.29 bits per heavy atom. The van der Waals surface area contributed by atoms with Crippen LogP contribution in [0.2, 0.25) is 0 Å². The Kier molecular flexibility index (Phi) is 6.08. The second-order valence-corrected chi connectivity index (χ2v) is 6.53. The minimum atomic E-state index is -0.762. The Morgan fingerprint density at radius 2 is 1.67 bits per heavy atom. The van der Waals surface area contributed by atoms with Crippen LogP contribution in [0.3, 0.4) is 0 Å². The topological polar surface area (TPSA) is 29.1 Å². The van der Waals surface area contributed by atoms with E-state index in [0.29, 0.717) is 5.75 Å². The molecule has 2 aromatic carbocycles. The lowest BCUT2D eigenvalue weighted by molar-refractivity contribution is 0.592. The second-order valence-electron chi connectivity index (χ2n) is 4.98. The van der Waals surface area contributed by atoms with Crippen molar-refractivity contribution in [3.05, 3.63) is 71.5 Å². The summed E-state index contributed by atoms with van der Waals surface area (Å²) in [5.41, 5.74) is 2.17. The van der Waals surface area contributed by atoms with Crippen molar-refractivity contribution in [2.45, 2.75) is 12.5 Å². The predicted molar refractivity (Wildman–Crippen MR) is 86.2 cm³/mol. The van der Waals surface area contributed by atoms with Crippen LogP contribution < -0.4 is 5.32 Å². The van der Waals surface area contributed by atoms with Crippen molar-refractivity contribution in [2.24, 2.45) is 0 Å². The summed E-state index contributed by atoms with van der Waals surface area (Å²) in [5.74, 6) is 0.463. The van der Waals surface area contributed by atoms with Crippen LogP contribution in [-0.2, 0) is 10.8 Å². The zero-order chi connectivity index (χ0) is 15.1. The Morgan fingerprint density at radius 1 is 1.05 bits per heavy atom. The van der Waals surface area contributed by atoms with Gasteiger partial charge in [-0.2, -0.15) is 0 Å². The highest BCUT2D eigenvalue weighted by Crippen LogP contribution is 2.22. The van der Waals surface area contributed by atoms with Gasteiger partial charge in [0.2, 0.25) is 0 Å². The first-order chi connectivity index (χ1) is 10.2. The third-order valence-corrected chi connectivity index (χ3v) is 4.16. The Labute approximate surface area is 127 Å². The number of rotatable bonds is 7. The lowest BCUT2D eigenvalue weighted by Gasteiger charge is -2.20. The number of hydrogen-bond donors (Lipinski definition) is 1. The van der Waals surface area contributed by atoms with Crippen LogP contribution in [0.15, 0.2) is 54.6 Å². The molecule has 2 rings (SSSR count). The van der Waals surface area contributed by atoms with Crippen LogP contribution in [0.25, 0.3) is 0 Å². The first kappa shape index (κ1) is 15.9. The van der Waals surface area contributed by atoms with Crippen molar-refractivity contribution in [3.63, 3.8) is 0 Å². The summed E-state index contributed by atoms with van der Waals surface area (Å²) in [6.45, 7) is 0.774. The van der Waals surface area contributed by atoms with Gasteiger partial charge < -0.3 is 5.32 Å². The molecule has 0 saturated heterocycles. The molecule has 2 unspecified atom stereocenters. The average molecular weight is 305 g/mol. The van der Waals surface area contributed by atoms with Gasteiger partial charge in [-0.3, -0.25) is 4.21 Å². The minimum absolute atomic E-state index is 0.0251. The number of hydrogen-bond acceptors (Lipinski definition) is 2. The molecule has 112 valence electrons. The molecule has 1 N–H and O–H groups in total. The second kappa shape index (κ2) is 8.05. The zero-order valence-electron chi connectivity index (χ0n) is 12.1. The highest BCUT2D eigenvalue weighted by Gasteiger charge is 2.13. The Balaban J connectivity index is 2.11. The Bertz CT molecular complexity index is 571. The number of benzene rings is 2. The minimum Gasteiger partial charge on any atom is -0.306 e. The van der Waals surface area contributed by atoms with Gasteiger partial charge in [0, 0.05) is 22.8 Å². The van der Waals surface area contributed by atoms with Gasteiger partial charge in [-0.25, -0.2) is 4.39 Å². The van der Waals surface area contributed by atoms with Crippen molar-refractivity contribution >= 4 is 10.8 Å². The van der Waals surface area contributed by atoms with Crippen molar-refractivity contribution in [2.75, 3.05) is 18.6 Å².